The van der Waals surface area contributed by atoms with E-state index in [1.165, 1.54) is 38.9 Å². The van der Waals surface area contributed by atoms with Gasteiger partial charge >= 0.3 is 0 Å². The van der Waals surface area contributed by atoms with Crippen molar-refractivity contribution in [1.29, 1.82) is 0 Å². The molecule has 0 aliphatic carbocycles. The first-order valence-electron chi connectivity index (χ1n) is 8.39. The van der Waals surface area contributed by atoms with Crippen molar-refractivity contribution in [3.05, 3.63) is 16.7 Å². The number of hydrogen-bond donors (Lipinski definition) is 2. The summed E-state index contributed by atoms with van der Waals surface area (Å²) in [6.07, 6.45) is 5.94. The van der Waals surface area contributed by atoms with E-state index in [0.717, 1.165) is 43.4 Å². The number of piperidine rings is 1. The van der Waals surface area contributed by atoms with Gasteiger partial charge in [-0.05, 0) is 51.4 Å². The van der Waals surface area contributed by atoms with Crippen molar-refractivity contribution < 1.29 is 0 Å². The number of imidazole rings is 1. The molecule has 120 valence electrons. The number of rotatable bonds is 8. The van der Waals surface area contributed by atoms with Crippen molar-refractivity contribution in [2.45, 2.75) is 52.5 Å². The van der Waals surface area contributed by atoms with E-state index in [1.54, 1.807) is 0 Å². The van der Waals surface area contributed by atoms with Crippen LogP contribution in [0, 0.1) is 5.92 Å². The minimum Gasteiger partial charge on any atom is -0.344 e. The number of unbranched alkanes of at least 4 members (excludes halogenated alkanes) is 1. The standard InChI is InChI=1S/C16H29ClN4/c1-3-5-6-15-19-14(16(17)20-15)12-18-11-13-7-9-21(4-2)10-8-13/h13,18H,3-12H2,1-2H3,(H,19,20). The summed E-state index contributed by atoms with van der Waals surface area (Å²) in [6, 6.07) is 0. The Morgan fingerprint density at radius 1 is 1.33 bits per heavy atom. The first-order chi connectivity index (χ1) is 10.2. The summed E-state index contributed by atoms with van der Waals surface area (Å²) in [6.45, 7) is 9.99. The number of halogens is 1. The highest BCUT2D eigenvalue weighted by Crippen LogP contribution is 2.17. The number of aryl methyl sites for hydroxylation is 1. The van der Waals surface area contributed by atoms with Crippen LogP contribution in [0.3, 0.4) is 0 Å². The lowest BCUT2D eigenvalue weighted by molar-refractivity contribution is 0.190. The van der Waals surface area contributed by atoms with Gasteiger partial charge in [-0.25, -0.2) is 4.98 Å². The first kappa shape index (κ1) is 16.8. The largest absolute Gasteiger partial charge is 0.344 e. The second kappa shape index (κ2) is 8.76. The molecule has 1 fully saturated rings. The van der Waals surface area contributed by atoms with Crippen LogP contribution in [0.25, 0.3) is 0 Å². The molecule has 0 amide bonds. The van der Waals surface area contributed by atoms with Gasteiger partial charge in [0.1, 0.15) is 5.82 Å². The molecule has 2 heterocycles. The van der Waals surface area contributed by atoms with Gasteiger partial charge in [-0.1, -0.05) is 31.9 Å². The van der Waals surface area contributed by atoms with Gasteiger partial charge in [-0.3, -0.25) is 0 Å². The van der Waals surface area contributed by atoms with E-state index >= 15 is 0 Å². The van der Waals surface area contributed by atoms with Gasteiger partial charge in [0.25, 0.3) is 0 Å². The van der Waals surface area contributed by atoms with E-state index in [9.17, 15) is 0 Å². The third-order valence-electron chi connectivity index (χ3n) is 4.43. The van der Waals surface area contributed by atoms with Gasteiger partial charge in [0.05, 0.1) is 5.69 Å². The quantitative estimate of drug-likeness (QED) is 0.774. The Morgan fingerprint density at radius 3 is 2.76 bits per heavy atom. The second-order valence-corrected chi connectivity index (χ2v) is 6.42. The lowest BCUT2D eigenvalue weighted by Crippen LogP contribution is -2.37. The number of nitrogens with one attached hydrogen (secondary N) is 2. The maximum atomic E-state index is 6.19. The molecule has 0 unspecified atom stereocenters. The van der Waals surface area contributed by atoms with Crippen LogP contribution >= 0.6 is 11.6 Å². The normalized spacial score (nSPS) is 17.5. The third-order valence-corrected chi connectivity index (χ3v) is 4.75. The van der Waals surface area contributed by atoms with Gasteiger partial charge < -0.3 is 15.2 Å². The fourth-order valence-corrected chi connectivity index (χ4v) is 3.14. The Morgan fingerprint density at radius 2 is 2.10 bits per heavy atom. The summed E-state index contributed by atoms with van der Waals surface area (Å²) in [5.41, 5.74) is 1.04. The number of hydrogen-bond acceptors (Lipinski definition) is 3. The van der Waals surface area contributed by atoms with Crippen molar-refractivity contribution in [2.75, 3.05) is 26.2 Å². The summed E-state index contributed by atoms with van der Waals surface area (Å²) in [7, 11) is 0. The van der Waals surface area contributed by atoms with Crippen molar-refractivity contribution in [1.82, 2.24) is 20.2 Å². The van der Waals surface area contributed by atoms with Gasteiger partial charge in [0.15, 0.2) is 5.15 Å². The van der Waals surface area contributed by atoms with Crippen LogP contribution in [-0.4, -0.2) is 41.0 Å². The highest BCUT2D eigenvalue weighted by atomic mass is 35.5. The van der Waals surface area contributed by atoms with Crippen molar-refractivity contribution in [3.63, 3.8) is 0 Å². The monoisotopic (exact) mass is 312 g/mol. The zero-order valence-corrected chi connectivity index (χ0v) is 14.2. The summed E-state index contributed by atoms with van der Waals surface area (Å²) in [5, 5.41) is 4.17. The summed E-state index contributed by atoms with van der Waals surface area (Å²) >= 11 is 6.19. The van der Waals surface area contributed by atoms with Gasteiger partial charge in [0, 0.05) is 13.0 Å². The predicted octanol–water partition coefficient (Wildman–Crippen LogP) is 3.23. The molecule has 5 heteroatoms. The Hall–Kier alpha value is -0.580. The minimum atomic E-state index is 0.634. The molecule has 21 heavy (non-hydrogen) atoms. The molecular weight excluding hydrogens is 284 g/mol. The maximum absolute atomic E-state index is 6.19. The van der Waals surface area contributed by atoms with Crippen LogP contribution < -0.4 is 5.32 Å². The van der Waals surface area contributed by atoms with E-state index in [0.29, 0.717) is 5.15 Å². The number of nitrogens with zero attached hydrogens (tertiary/aromatic N) is 2. The Labute approximate surface area is 133 Å². The van der Waals surface area contributed by atoms with Crippen LogP contribution in [0.4, 0.5) is 0 Å². The van der Waals surface area contributed by atoms with E-state index in [2.05, 4.69) is 34.0 Å². The Kier molecular flexibility index (Phi) is 7.00. The third kappa shape index (κ3) is 5.28. The van der Waals surface area contributed by atoms with Crippen molar-refractivity contribution >= 4 is 11.6 Å². The summed E-state index contributed by atoms with van der Waals surface area (Å²) in [4.78, 5) is 10.3. The number of aromatic nitrogens is 2. The number of aromatic amines is 1. The van der Waals surface area contributed by atoms with Crippen LogP contribution in [-0.2, 0) is 13.0 Å². The topological polar surface area (TPSA) is 44.0 Å². The number of H-pyrrole nitrogens is 1. The fourth-order valence-electron chi connectivity index (χ4n) is 2.93. The highest BCUT2D eigenvalue weighted by molar-refractivity contribution is 6.30. The summed E-state index contributed by atoms with van der Waals surface area (Å²) in [5.74, 6) is 1.82. The van der Waals surface area contributed by atoms with Crippen LogP contribution in [0.15, 0.2) is 0 Å². The lowest BCUT2D eigenvalue weighted by atomic mass is 9.97. The zero-order valence-electron chi connectivity index (χ0n) is 13.4. The van der Waals surface area contributed by atoms with Crippen molar-refractivity contribution in [3.8, 4) is 0 Å². The molecule has 0 aromatic carbocycles. The van der Waals surface area contributed by atoms with Crippen LogP contribution in [0.5, 0.6) is 0 Å². The maximum Gasteiger partial charge on any atom is 0.151 e. The molecule has 1 aliphatic heterocycles. The smallest absolute Gasteiger partial charge is 0.151 e. The minimum absolute atomic E-state index is 0.634. The average Bonchev–Trinajstić information content (AvgIpc) is 2.86. The molecular formula is C16H29ClN4. The molecule has 1 aliphatic rings. The predicted molar refractivity (Wildman–Crippen MR) is 88.8 cm³/mol. The molecule has 1 aromatic rings. The second-order valence-electron chi connectivity index (χ2n) is 6.06. The van der Waals surface area contributed by atoms with E-state index in [-0.39, 0.29) is 0 Å². The van der Waals surface area contributed by atoms with Gasteiger partial charge in [-0.2, -0.15) is 0 Å². The van der Waals surface area contributed by atoms with Crippen LogP contribution in [0.2, 0.25) is 5.15 Å². The lowest BCUT2D eigenvalue weighted by Gasteiger charge is -2.31. The summed E-state index contributed by atoms with van der Waals surface area (Å²) < 4.78 is 0. The van der Waals surface area contributed by atoms with E-state index < -0.39 is 0 Å². The first-order valence-corrected chi connectivity index (χ1v) is 8.77. The molecule has 2 rings (SSSR count). The molecule has 0 atom stereocenters. The highest BCUT2D eigenvalue weighted by Gasteiger charge is 2.17. The average molecular weight is 313 g/mol. The molecule has 2 N–H and O–H groups in total. The Balaban J connectivity index is 1.70. The van der Waals surface area contributed by atoms with E-state index in [1.807, 2.05) is 0 Å². The molecule has 0 bridgehead atoms. The number of likely N-dealkylation sites (tertiary alicyclic amines) is 1. The SMILES string of the molecule is CCCCc1nc(Cl)c(CNCC2CCN(CC)CC2)[nH]1. The molecule has 0 spiro atoms. The zero-order chi connectivity index (χ0) is 15.1. The molecule has 4 nitrogen and oxygen atoms in total. The fraction of sp³-hybridized carbons (Fsp3) is 0.812. The van der Waals surface area contributed by atoms with Crippen molar-refractivity contribution in [2.24, 2.45) is 5.92 Å². The van der Waals surface area contributed by atoms with E-state index in [4.69, 9.17) is 11.6 Å². The molecule has 1 aromatic heterocycles. The molecule has 0 saturated carbocycles. The molecule has 1 saturated heterocycles. The molecule has 0 radical (unpaired) electrons. The van der Waals surface area contributed by atoms with Gasteiger partial charge in [-0.15, -0.1) is 0 Å². The van der Waals surface area contributed by atoms with Crippen LogP contribution in [0.1, 0.15) is 51.0 Å². The Bertz CT molecular complexity index is 410. The van der Waals surface area contributed by atoms with Gasteiger partial charge in [0.2, 0.25) is 0 Å².